The van der Waals surface area contributed by atoms with Crippen LogP contribution in [-0.2, 0) is 4.79 Å². The number of aromatic hydroxyl groups is 1. The number of nitrogens with zero attached hydrogens (tertiary/aromatic N) is 2. The van der Waals surface area contributed by atoms with Gasteiger partial charge in [0.2, 0.25) is 0 Å². The third kappa shape index (κ3) is 4.26. The molecule has 0 radical (unpaired) electrons. The normalized spacial score (nSPS) is 13.9. The van der Waals surface area contributed by atoms with E-state index >= 15 is 0 Å². The van der Waals surface area contributed by atoms with Crippen molar-refractivity contribution in [2.75, 3.05) is 6.54 Å². The number of carbonyl (C=O) groups is 2. The predicted molar refractivity (Wildman–Crippen MR) is 111 cm³/mol. The van der Waals surface area contributed by atoms with Crippen molar-refractivity contribution in [2.45, 2.75) is 12.8 Å². The first-order valence-corrected chi connectivity index (χ1v) is 9.78. The number of benzene rings is 2. The maximum Gasteiger partial charge on any atom is 0.308 e. The molecule has 1 atom stereocenters. The SMILES string of the molecule is N#Cc1nc(C(=O)NCC(C(=O)O)C2CC2)c(O)c2ccc(Oc3ccccc3)cc12. The van der Waals surface area contributed by atoms with Crippen molar-refractivity contribution < 1.29 is 24.5 Å². The van der Waals surface area contributed by atoms with E-state index in [0.717, 1.165) is 12.8 Å². The summed E-state index contributed by atoms with van der Waals surface area (Å²) in [6, 6.07) is 15.8. The number of ether oxygens (including phenoxy) is 1. The molecule has 3 N–H and O–H groups in total. The monoisotopic (exact) mass is 417 g/mol. The smallest absolute Gasteiger partial charge is 0.308 e. The fraction of sp³-hybridized carbons (Fsp3) is 0.217. The second-order valence-electron chi connectivity index (χ2n) is 7.38. The molecule has 1 aliphatic rings. The highest BCUT2D eigenvalue weighted by atomic mass is 16.5. The number of para-hydroxylation sites is 1. The van der Waals surface area contributed by atoms with E-state index in [2.05, 4.69) is 10.3 Å². The number of rotatable bonds is 7. The summed E-state index contributed by atoms with van der Waals surface area (Å²) >= 11 is 0. The van der Waals surface area contributed by atoms with Crippen LogP contribution in [0, 0.1) is 23.2 Å². The summed E-state index contributed by atoms with van der Waals surface area (Å²) < 4.78 is 5.77. The lowest BCUT2D eigenvalue weighted by Crippen LogP contribution is -2.34. The number of hydrogen-bond acceptors (Lipinski definition) is 6. The highest BCUT2D eigenvalue weighted by Crippen LogP contribution is 2.37. The number of nitriles is 1. The van der Waals surface area contributed by atoms with Crippen LogP contribution in [0.25, 0.3) is 10.8 Å². The highest BCUT2D eigenvalue weighted by Gasteiger charge is 2.36. The van der Waals surface area contributed by atoms with Crippen molar-refractivity contribution >= 4 is 22.6 Å². The van der Waals surface area contributed by atoms with Crippen molar-refractivity contribution in [3.8, 4) is 23.3 Å². The van der Waals surface area contributed by atoms with Crippen molar-refractivity contribution in [3.63, 3.8) is 0 Å². The van der Waals surface area contributed by atoms with Gasteiger partial charge < -0.3 is 20.3 Å². The Morgan fingerprint density at radius 2 is 1.90 bits per heavy atom. The molecule has 4 rings (SSSR count). The van der Waals surface area contributed by atoms with Crippen LogP contribution in [0.5, 0.6) is 17.2 Å². The fourth-order valence-electron chi connectivity index (χ4n) is 3.45. The van der Waals surface area contributed by atoms with E-state index in [1.54, 1.807) is 30.3 Å². The summed E-state index contributed by atoms with van der Waals surface area (Å²) in [4.78, 5) is 28.0. The molecule has 2 aromatic carbocycles. The number of carbonyl (C=O) groups excluding carboxylic acids is 1. The number of carboxylic acid groups (broad SMARTS) is 1. The van der Waals surface area contributed by atoms with E-state index in [0.29, 0.717) is 16.9 Å². The van der Waals surface area contributed by atoms with Gasteiger partial charge in [0.25, 0.3) is 5.91 Å². The summed E-state index contributed by atoms with van der Waals surface area (Å²) in [6.45, 7) is -0.0657. The van der Waals surface area contributed by atoms with E-state index < -0.39 is 17.8 Å². The predicted octanol–water partition coefficient (Wildman–Crippen LogP) is 3.44. The van der Waals surface area contributed by atoms with Gasteiger partial charge in [0, 0.05) is 17.3 Å². The standard InChI is InChI=1S/C23H19N3O5/c24-11-19-17-10-15(31-14-4-2-1-3-5-14)8-9-16(17)21(27)20(26-19)22(28)25-12-18(23(29)30)13-6-7-13/h1-5,8-10,13,18,27H,6-7,12H2,(H,25,28)(H,29,30). The number of aliphatic carboxylic acids is 1. The first-order chi connectivity index (χ1) is 15.0. The minimum atomic E-state index is -0.970. The quantitative estimate of drug-likeness (QED) is 0.536. The van der Waals surface area contributed by atoms with Gasteiger partial charge >= 0.3 is 5.97 Å². The van der Waals surface area contributed by atoms with Crippen LogP contribution in [0.15, 0.2) is 48.5 Å². The van der Waals surface area contributed by atoms with Crippen molar-refractivity contribution in [3.05, 3.63) is 59.9 Å². The molecule has 156 valence electrons. The van der Waals surface area contributed by atoms with Gasteiger partial charge in [-0.25, -0.2) is 4.98 Å². The lowest BCUT2D eigenvalue weighted by molar-refractivity contribution is -0.142. The molecule has 0 spiro atoms. The first-order valence-electron chi connectivity index (χ1n) is 9.78. The zero-order valence-electron chi connectivity index (χ0n) is 16.4. The molecule has 1 heterocycles. The topological polar surface area (TPSA) is 133 Å². The number of nitrogens with one attached hydrogen (secondary N) is 1. The first kappa shape index (κ1) is 20.2. The van der Waals surface area contributed by atoms with Crippen molar-refractivity contribution in [2.24, 2.45) is 11.8 Å². The van der Waals surface area contributed by atoms with Gasteiger partial charge in [0.15, 0.2) is 11.4 Å². The number of pyridine rings is 1. The van der Waals surface area contributed by atoms with Crippen molar-refractivity contribution in [1.82, 2.24) is 10.3 Å². The van der Waals surface area contributed by atoms with E-state index in [9.17, 15) is 25.1 Å². The van der Waals surface area contributed by atoms with Gasteiger partial charge in [-0.3, -0.25) is 9.59 Å². The Kier molecular flexibility index (Phi) is 5.41. The highest BCUT2D eigenvalue weighted by molar-refractivity contribution is 6.03. The molecule has 1 fully saturated rings. The third-order valence-corrected chi connectivity index (χ3v) is 5.24. The molecule has 1 aliphatic carbocycles. The van der Waals surface area contributed by atoms with Gasteiger partial charge in [0.1, 0.15) is 23.3 Å². The molecular formula is C23H19N3O5. The Labute approximate surface area is 177 Å². The van der Waals surface area contributed by atoms with Crippen LogP contribution >= 0.6 is 0 Å². The number of hydrogen-bond donors (Lipinski definition) is 3. The van der Waals surface area contributed by atoms with E-state index in [4.69, 9.17) is 4.74 Å². The number of aromatic nitrogens is 1. The summed E-state index contributed by atoms with van der Waals surface area (Å²) in [6.07, 6.45) is 1.64. The maximum atomic E-state index is 12.6. The third-order valence-electron chi connectivity index (χ3n) is 5.24. The van der Waals surface area contributed by atoms with Crippen LogP contribution in [-0.4, -0.2) is 33.6 Å². The molecule has 31 heavy (non-hydrogen) atoms. The molecule has 0 aliphatic heterocycles. The van der Waals surface area contributed by atoms with Crippen LogP contribution in [0.1, 0.15) is 29.0 Å². The zero-order valence-corrected chi connectivity index (χ0v) is 16.4. The van der Waals surface area contributed by atoms with Crippen LogP contribution in [0.3, 0.4) is 0 Å². The lowest BCUT2D eigenvalue weighted by atomic mass is 10.0. The second kappa shape index (κ2) is 8.32. The molecule has 8 heteroatoms. The van der Waals surface area contributed by atoms with Crippen LogP contribution < -0.4 is 10.1 Å². The summed E-state index contributed by atoms with van der Waals surface area (Å²) in [7, 11) is 0. The number of carboxylic acids is 1. The Bertz CT molecular complexity index is 1200. The average molecular weight is 417 g/mol. The molecule has 0 bridgehead atoms. The Hall–Kier alpha value is -4.12. The molecular weight excluding hydrogens is 398 g/mol. The van der Waals surface area contributed by atoms with Gasteiger partial charge in [-0.15, -0.1) is 0 Å². The molecule has 1 aromatic heterocycles. The van der Waals surface area contributed by atoms with E-state index in [1.807, 2.05) is 24.3 Å². The van der Waals surface area contributed by atoms with Gasteiger partial charge in [-0.2, -0.15) is 5.26 Å². The summed E-state index contributed by atoms with van der Waals surface area (Å²) in [5, 5.41) is 32.6. The molecule has 0 saturated heterocycles. The lowest BCUT2D eigenvalue weighted by Gasteiger charge is -2.14. The van der Waals surface area contributed by atoms with Gasteiger partial charge in [0.05, 0.1) is 5.92 Å². The largest absolute Gasteiger partial charge is 0.505 e. The van der Waals surface area contributed by atoms with Gasteiger partial charge in [-0.1, -0.05) is 18.2 Å². The average Bonchev–Trinajstić information content (AvgIpc) is 3.60. The summed E-state index contributed by atoms with van der Waals surface area (Å²) in [5.74, 6) is -1.65. The molecule has 1 unspecified atom stereocenters. The molecule has 8 nitrogen and oxygen atoms in total. The second-order valence-corrected chi connectivity index (χ2v) is 7.38. The minimum absolute atomic E-state index is 0.0477. The number of amides is 1. The fourth-order valence-corrected chi connectivity index (χ4v) is 3.45. The van der Waals surface area contributed by atoms with Crippen molar-refractivity contribution in [1.29, 1.82) is 5.26 Å². The Morgan fingerprint density at radius 1 is 1.16 bits per heavy atom. The Morgan fingerprint density at radius 3 is 2.55 bits per heavy atom. The Balaban J connectivity index is 1.62. The van der Waals surface area contributed by atoms with Crippen LogP contribution in [0.2, 0.25) is 0 Å². The van der Waals surface area contributed by atoms with E-state index in [-0.39, 0.29) is 35.0 Å². The molecule has 1 saturated carbocycles. The van der Waals surface area contributed by atoms with Crippen LogP contribution in [0.4, 0.5) is 0 Å². The van der Waals surface area contributed by atoms with Gasteiger partial charge in [-0.05, 0) is 49.1 Å². The minimum Gasteiger partial charge on any atom is -0.505 e. The summed E-state index contributed by atoms with van der Waals surface area (Å²) in [5.41, 5.74) is -0.367. The maximum absolute atomic E-state index is 12.6. The molecule has 3 aromatic rings. The number of fused-ring (bicyclic) bond motifs is 1. The molecule has 1 amide bonds. The van der Waals surface area contributed by atoms with E-state index in [1.165, 1.54) is 0 Å². The zero-order chi connectivity index (χ0) is 22.0.